The highest BCUT2D eigenvalue weighted by molar-refractivity contribution is 6.01. The molecule has 0 saturated carbocycles. The summed E-state index contributed by atoms with van der Waals surface area (Å²) < 4.78 is 5.53. The van der Waals surface area contributed by atoms with Crippen LogP contribution in [0.15, 0.2) is 103 Å². The minimum atomic E-state index is -0.749. The topological polar surface area (TPSA) is 100 Å². The van der Waals surface area contributed by atoms with Gasteiger partial charge in [-0.3, -0.25) is 14.4 Å². The number of amides is 2. The summed E-state index contributed by atoms with van der Waals surface area (Å²) in [5.41, 5.74) is 3.50. The minimum absolute atomic E-state index is 0.0789. The van der Waals surface area contributed by atoms with Gasteiger partial charge >= 0.3 is 0 Å². The fourth-order valence-electron chi connectivity index (χ4n) is 5.19. The average molecular weight is 576 g/mol. The van der Waals surface area contributed by atoms with E-state index in [0.717, 1.165) is 52.1 Å². The first-order valence-corrected chi connectivity index (χ1v) is 14.8. The molecular weight excluding hydrogens is 538 g/mol. The minimum Gasteiger partial charge on any atom is -0.369 e. The zero-order valence-electron chi connectivity index (χ0n) is 24.2. The van der Waals surface area contributed by atoms with E-state index >= 15 is 0 Å². The van der Waals surface area contributed by atoms with E-state index in [1.807, 2.05) is 97.2 Å². The summed E-state index contributed by atoms with van der Waals surface area (Å²) in [7, 11) is 0. The molecule has 220 valence electrons. The van der Waals surface area contributed by atoms with Crippen LogP contribution in [-0.2, 0) is 27.4 Å². The Balaban J connectivity index is 1.12. The Morgan fingerprint density at radius 3 is 2.42 bits per heavy atom. The van der Waals surface area contributed by atoms with Gasteiger partial charge in [-0.2, -0.15) is 0 Å². The number of aromatic amines is 1. The van der Waals surface area contributed by atoms with E-state index in [4.69, 9.17) is 4.74 Å². The number of carbonyl (C=O) groups excluding carboxylic acids is 3. The molecule has 0 fully saturated rings. The number of hydrogen-bond acceptors (Lipinski definition) is 4. The van der Waals surface area contributed by atoms with Gasteiger partial charge in [-0.25, -0.2) is 0 Å². The lowest BCUT2D eigenvalue weighted by molar-refractivity contribution is -0.124. The summed E-state index contributed by atoms with van der Waals surface area (Å²) in [4.78, 5) is 42.1. The average Bonchev–Trinajstić information content (AvgIpc) is 3.45. The Morgan fingerprint density at radius 1 is 0.791 bits per heavy atom. The third-order valence-electron chi connectivity index (χ3n) is 7.54. The zero-order valence-corrected chi connectivity index (χ0v) is 24.2. The van der Waals surface area contributed by atoms with Gasteiger partial charge in [0.1, 0.15) is 12.6 Å². The number of hydrogen-bond donors (Lipinski definition) is 3. The van der Waals surface area contributed by atoms with Crippen molar-refractivity contribution in [3.8, 4) is 0 Å². The van der Waals surface area contributed by atoms with Crippen LogP contribution in [0.4, 0.5) is 0 Å². The van der Waals surface area contributed by atoms with Crippen molar-refractivity contribution in [1.82, 2.24) is 15.6 Å². The fourth-order valence-corrected chi connectivity index (χ4v) is 5.19. The highest BCUT2D eigenvalue weighted by atomic mass is 16.5. The smallest absolute Gasteiger partial charge is 0.251 e. The van der Waals surface area contributed by atoms with Crippen molar-refractivity contribution in [3.05, 3.63) is 120 Å². The van der Waals surface area contributed by atoms with Crippen LogP contribution in [0.1, 0.15) is 47.2 Å². The lowest BCUT2D eigenvalue weighted by atomic mass is 10.0. The van der Waals surface area contributed by atoms with Crippen molar-refractivity contribution in [1.29, 1.82) is 0 Å². The van der Waals surface area contributed by atoms with Crippen molar-refractivity contribution in [3.63, 3.8) is 0 Å². The number of aromatic nitrogens is 1. The second kappa shape index (κ2) is 14.9. The Bertz CT molecular complexity index is 1680. The first kappa shape index (κ1) is 29.7. The van der Waals surface area contributed by atoms with Crippen molar-refractivity contribution in [2.45, 2.75) is 44.8 Å². The summed E-state index contributed by atoms with van der Waals surface area (Å²) in [6.07, 6.45) is 4.98. The van der Waals surface area contributed by atoms with Gasteiger partial charge in [0.25, 0.3) is 5.91 Å². The molecule has 0 aliphatic rings. The van der Waals surface area contributed by atoms with E-state index in [2.05, 4.69) is 15.6 Å². The molecule has 0 aliphatic heterocycles. The fraction of sp³-hybridized carbons (Fsp3) is 0.250. The number of rotatable bonds is 15. The quantitative estimate of drug-likeness (QED) is 0.131. The van der Waals surface area contributed by atoms with Crippen LogP contribution >= 0.6 is 0 Å². The normalized spacial score (nSPS) is 11.8. The maximum absolute atomic E-state index is 13.4. The van der Waals surface area contributed by atoms with Gasteiger partial charge in [-0.15, -0.1) is 0 Å². The molecule has 0 radical (unpaired) electrons. The van der Waals surface area contributed by atoms with E-state index in [-0.39, 0.29) is 24.2 Å². The Morgan fingerprint density at radius 2 is 1.56 bits per heavy atom. The Kier molecular flexibility index (Phi) is 10.3. The molecule has 0 aliphatic carbocycles. The van der Waals surface area contributed by atoms with Gasteiger partial charge in [0, 0.05) is 42.0 Å². The van der Waals surface area contributed by atoms with Crippen LogP contribution in [0.2, 0.25) is 0 Å². The summed E-state index contributed by atoms with van der Waals surface area (Å²) in [5.74, 6) is -0.446. The molecule has 43 heavy (non-hydrogen) atoms. The molecule has 0 bridgehead atoms. The molecular formula is C36H37N3O4. The number of nitrogens with one attached hydrogen (secondary N) is 3. The highest BCUT2D eigenvalue weighted by Crippen LogP contribution is 2.20. The SMILES string of the molecule is O=C(CCCCCNC(=O)[C@H](Cc1c[nH]c2ccccc12)NC(=O)c1ccc2ccccc2c1)COCc1ccccc1. The van der Waals surface area contributed by atoms with Gasteiger partial charge in [-0.1, -0.05) is 85.3 Å². The van der Waals surface area contributed by atoms with E-state index < -0.39 is 6.04 Å². The molecule has 7 heteroatoms. The lowest BCUT2D eigenvalue weighted by Gasteiger charge is -2.19. The molecule has 1 aromatic heterocycles. The number of unbranched alkanes of at least 4 members (excludes halogenated alkanes) is 2. The molecule has 0 saturated heterocycles. The van der Waals surface area contributed by atoms with Crippen LogP contribution in [-0.4, -0.2) is 41.8 Å². The Labute approximate surface area is 251 Å². The van der Waals surface area contributed by atoms with Crippen molar-refractivity contribution >= 4 is 39.3 Å². The molecule has 7 nitrogen and oxygen atoms in total. The first-order valence-electron chi connectivity index (χ1n) is 14.8. The number of H-pyrrole nitrogens is 1. The van der Waals surface area contributed by atoms with E-state index in [1.165, 1.54) is 0 Å². The molecule has 0 unspecified atom stereocenters. The maximum atomic E-state index is 13.4. The van der Waals surface area contributed by atoms with Crippen LogP contribution < -0.4 is 10.6 Å². The van der Waals surface area contributed by atoms with Crippen molar-refractivity contribution in [2.75, 3.05) is 13.2 Å². The third kappa shape index (κ3) is 8.40. The van der Waals surface area contributed by atoms with Gasteiger partial charge in [0.05, 0.1) is 6.61 Å². The maximum Gasteiger partial charge on any atom is 0.251 e. The zero-order chi connectivity index (χ0) is 29.9. The van der Waals surface area contributed by atoms with Crippen LogP contribution in [0.5, 0.6) is 0 Å². The molecule has 1 atom stereocenters. The van der Waals surface area contributed by atoms with E-state index in [1.54, 1.807) is 6.07 Å². The molecule has 1 heterocycles. The second-order valence-electron chi connectivity index (χ2n) is 10.8. The standard InChI is InChI=1S/C36H37N3O4/c40-31(25-43-24-26-11-3-1-4-12-26)15-5-2-10-20-37-36(42)34(22-30-23-38-33-17-9-8-16-32(30)33)39-35(41)29-19-18-27-13-6-7-14-28(27)21-29/h1,3-4,6-9,11-14,16-19,21,23,34,38H,2,5,10,15,20,22,24-25H2,(H,37,42)(H,39,41)/t34-/m0/s1. The van der Waals surface area contributed by atoms with Crippen LogP contribution in [0.3, 0.4) is 0 Å². The first-order chi connectivity index (χ1) is 21.1. The summed E-state index contributed by atoms with van der Waals surface area (Å²) in [6.45, 7) is 1.00. The summed E-state index contributed by atoms with van der Waals surface area (Å²) in [6, 6.07) is 30.4. The Hall–Kier alpha value is -4.75. The van der Waals surface area contributed by atoms with Crippen LogP contribution in [0.25, 0.3) is 21.7 Å². The van der Waals surface area contributed by atoms with Gasteiger partial charge in [0.2, 0.25) is 5.91 Å². The van der Waals surface area contributed by atoms with Crippen LogP contribution in [0, 0.1) is 0 Å². The number of carbonyl (C=O) groups is 3. The van der Waals surface area contributed by atoms with Gasteiger partial charge in [-0.05, 0) is 52.9 Å². The summed E-state index contributed by atoms with van der Waals surface area (Å²) in [5, 5.41) is 9.01. The number of Topliss-reactive ketones (excluding diaryl/α,β-unsaturated/α-hetero) is 1. The van der Waals surface area contributed by atoms with Crippen molar-refractivity contribution < 1.29 is 19.1 Å². The number of ketones is 1. The molecule has 4 aromatic carbocycles. The number of fused-ring (bicyclic) bond motifs is 2. The van der Waals surface area contributed by atoms with E-state index in [0.29, 0.717) is 31.6 Å². The van der Waals surface area contributed by atoms with Gasteiger partial charge < -0.3 is 20.4 Å². The largest absolute Gasteiger partial charge is 0.369 e. The molecule has 5 rings (SSSR count). The molecule has 0 spiro atoms. The lowest BCUT2D eigenvalue weighted by Crippen LogP contribution is -2.48. The molecule has 2 amide bonds. The summed E-state index contributed by atoms with van der Waals surface area (Å²) >= 11 is 0. The second-order valence-corrected chi connectivity index (χ2v) is 10.8. The van der Waals surface area contributed by atoms with E-state index in [9.17, 15) is 14.4 Å². The predicted molar refractivity (Wildman–Crippen MR) is 170 cm³/mol. The number of benzene rings is 4. The van der Waals surface area contributed by atoms with Crippen molar-refractivity contribution in [2.24, 2.45) is 0 Å². The predicted octanol–water partition coefficient (Wildman–Crippen LogP) is 6.12. The number of para-hydroxylation sites is 1. The molecule has 3 N–H and O–H groups in total. The number of ether oxygens (including phenoxy) is 1. The molecule has 5 aromatic rings. The van der Waals surface area contributed by atoms with Gasteiger partial charge in [0.15, 0.2) is 5.78 Å². The monoisotopic (exact) mass is 575 g/mol. The highest BCUT2D eigenvalue weighted by Gasteiger charge is 2.23. The third-order valence-corrected chi connectivity index (χ3v) is 7.54.